The molecule has 1 N–H and O–H groups in total. The van der Waals surface area contributed by atoms with Crippen molar-refractivity contribution < 1.29 is 4.39 Å². The van der Waals surface area contributed by atoms with Crippen molar-refractivity contribution in [2.24, 2.45) is 7.05 Å². The maximum Gasteiger partial charge on any atom is 0.146 e. The summed E-state index contributed by atoms with van der Waals surface area (Å²) in [5, 5.41) is 16.2. The summed E-state index contributed by atoms with van der Waals surface area (Å²) < 4.78 is 15.2. The molecule has 5 heteroatoms. The number of nitrogens with zero attached hydrogens (tertiary/aromatic N) is 3. The first-order chi connectivity index (χ1) is 8.63. The van der Waals surface area contributed by atoms with Crippen LogP contribution in [0.4, 0.5) is 10.1 Å². The number of nitrogens with one attached hydrogen (secondary N) is 1. The third kappa shape index (κ3) is 2.18. The molecule has 1 atom stereocenters. The molecule has 0 radical (unpaired) electrons. The number of benzene rings is 1. The van der Waals surface area contributed by atoms with E-state index in [4.69, 9.17) is 0 Å². The Hall–Kier alpha value is -2.35. The van der Waals surface area contributed by atoms with Crippen molar-refractivity contribution in [1.29, 1.82) is 5.26 Å². The molecule has 0 saturated carbocycles. The van der Waals surface area contributed by atoms with Crippen molar-refractivity contribution in [2.75, 3.05) is 5.32 Å². The third-order valence-electron chi connectivity index (χ3n) is 2.89. The molecule has 0 aliphatic heterocycles. The van der Waals surface area contributed by atoms with Gasteiger partial charge in [-0.15, -0.1) is 0 Å². The molecule has 1 heterocycles. The van der Waals surface area contributed by atoms with Gasteiger partial charge >= 0.3 is 0 Å². The zero-order chi connectivity index (χ0) is 13.1. The van der Waals surface area contributed by atoms with Gasteiger partial charge in [-0.2, -0.15) is 10.4 Å². The minimum Gasteiger partial charge on any atom is -0.364 e. The summed E-state index contributed by atoms with van der Waals surface area (Å²) in [7, 11) is 1.80. The first-order valence-corrected chi connectivity index (χ1v) is 5.52. The van der Waals surface area contributed by atoms with E-state index >= 15 is 0 Å². The number of aromatic nitrogens is 2. The van der Waals surface area contributed by atoms with Gasteiger partial charge in [-0.05, 0) is 19.1 Å². The van der Waals surface area contributed by atoms with Gasteiger partial charge in [0.15, 0.2) is 0 Å². The smallest absolute Gasteiger partial charge is 0.146 e. The standard InChI is InChI=1S/C13H13FN4/c1-9-10(8-16-18(9)2)13(7-15)17-12-6-4-3-5-11(12)14/h3-6,8,13,17H,1-2H3. The van der Waals surface area contributed by atoms with Gasteiger partial charge in [0.25, 0.3) is 0 Å². The molecule has 18 heavy (non-hydrogen) atoms. The maximum atomic E-state index is 13.5. The molecule has 0 aliphatic carbocycles. The van der Waals surface area contributed by atoms with E-state index in [-0.39, 0.29) is 5.82 Å². The van der Waals surface area contributed by atoms with Crippen molar-refractivity contribution in [1.82, 2.24) is 9.78 Å². The summed E-state index contributed by atoms with van der Waals surface area (Å²) in [6, 6.07) is 7.79. The lowest BCUT2D eigenvalue weighted by Crippen LogP contribution is -2.10. The summed E-state index contributed by atoms with van der Waals surface area (Å²) in [6.07, 6.45) is 1.62. The Morgan fingerprint density at radius 3 is 2.72 bits per heavy atom. The topological polar surface area (TPSA) is 53.6 Å². The summed E-state index contributed by atoms with van der Waals surface area (Å²) in [6.45, 7) is 1.87. The van der Waals surface area contributed by atoms with Crippen LogP contribution in [0, 0.1) is 24.1 Å². The number of rotatable bonds is 3. The van der Waals surface area contributed by atoms with Gasteiger partial charge in [0.05, 0.1) is 18.0 Å². The lowest BCUT2D eigenvalue weighted by atomic mass is 10.1. The average molecular weight is 244 g/mol. The van der Waals surface area contributed by atoms with Gasteiger partial charge in [0.2, 0.25) is 0 Å². The lowest BCUT2D eigenvalue weighted by molar-refractivity contribution is 0.629. The fraction of sp³-hybridized carbons (Fsp3) is 0.231. The van der Waals surface area contributed by atoms with Crippen molar-refractivity contribution in [3.63, 3.8) is 0 Å². The van der Waals surface area contributed by atoms with E-state index in [1.165, 1.54) is 6.07 Å². The van der Waals surface area contributed by atoms with Gasteiger partial charge < -0.3 is 5.32 Å². The average Bonchev–Trinajstić information content (AvgIpc) is 2.70. The number of anilines is 1. The highest BCUT2D eigenvalue weighted by molar-refractivity contribution is 5.48. The zero-order valence-electron chi connectivity index (χ0n) is 10.2. The molecular formula is C13H13FN4. The molecule has 2 rings (SSSR count). The van der Waals surface area contributed by atoms with Crippen LogP contribution in [0.3, 0.4) is 0 Å². The number of para-hydroxylation sites is 1. The molecule has 92 valence electrons. The Morgan fingerprint density at radius 2 is 2.17 bits per heavy atom. The minimum atomic E-state index is -0.615. The Morgan fingerprint density at radius 1 is 1.44 bits per heavy atom. The third-order valence-corrected chi connectivity index (χ3v) is 2.89. The summed E-state index contributed by atoms with van der Waals surface area (Å²) in [5.41, 5.74) is 1.95. The van der Waals surface area contributed by atoms with E-state index in [1.807, 2.05) is 6.92 Å². The second-order valence-electron chi connectivity index (χ2n) is 4.00. The van der Waals surface area contributed by atoms with Crippen LogP contribution in [0.5, 0.6) is 0 Å². The minimum absolute atomic E-state index is 0.312. The molecule has 4 nitrogen and oxygen atoms in total. The molecule has 1 aromatic heterocycles. The Balaban J connectivity index is 2.29. The fourth-order valence-corrected chi connectivity index (χ4v) is 1.71. The van der Waals surface area contributed by atoms with Crippen LogP contribution < -0.4 is 5.32 Å². The van der Waals surface area contributed by atoms with Crippen LogP contribution >= 0.6 is 0 Å². The molecule has 0 amide bonds. The number of halogens is 1. The second-order valence-corrected chi connectivity index (χ2v) is 4.00. The number of hydrogen-bond acceptors (Lipinski definition) is 3. The zero-order valence-corrected chi connectivity index (χ0v) is 10.2. The highest BCUT2D eigenvalue weighted by Gasteiger charge is 2.17. The fourth-order valence-electron chi connectivity index (χ4n) is 1.71. The lowest BCUT2D eigenvalue weighted by Gasteiger charge is -2.13. The van der Waals surface area contributed by atoms with Crippen LogP contribution in [-0.4, -0.2) is 9.78 Å². The van der Waals surface area contributed by atoms with E-state index in [2.05, 4.69) is 16.5 Å². The van der Waals surface area contributed by atoms with Crippen molar-refractivity contribution in [3.8, 4) is 6.07 Å². The Kier molecular flexibility index (Phi) is 3.28. The molecule has 1 unspecified atom stereocenters. The highest BCUT2D eigenvalue weighted by atomic mass is 19.1. The van der Waals surface area contributed by atoms with E-state index < -0.39 is 6.04 Å². The Bertz CT molecular complexity index is 597. The largest absolute Gasteiger partial charge is 0.364 e. The number of nitriles is 1. The molecule has 0 spiro atoms. The molecule has 0 saturated heterocycles. The predicted octanol–water partition coefficient (Wildman–Crippen LogP) is 2.54. The molecule has 0 bridgehead atoms. The Labute approximate surface area is 105 Å². The quantitative estimate of drug-likeness (QED) is 0.902. The first-order valence-electron chi connectivity index (χ1n) is 5.52. The predicted molar refractivity (Wildman–Crippen MR) is 66.3 cm³/mol. The van der Waals surface area contributed by atoms with Crippen LogP contribution in [0.2, 0.25) is 0 Å². The van der Waals surface area contributed by atoms with E-state index in [0.717, 1.165) is 11.3 Å². The van der Waals surface area contributed by atoms with Crippen molar-refractivity contribution >= 4 is 5.69 Å². The van der Waals surface area contributed by atoms with Gasteiger partial charge in [-0.3, -0.25) is 4.68 Å². The van der Waals surface area contributed by atoms with Gasteiger partial charge in [0.1, 0.15) is 11.9 Å². The summed E-state index contributed by atoms with van der Waals surface area (Å²) >= 11 is 0. The van der Waals surface area contributed by atoms with Crippen molar-refractivity contribution in [3.05, 3.63) is 47.5 Å². The summed E-state index contributed by atoms with van der Waals surface area (Å²) in [5.74, 6) is -0.376. The second kappa shape index (κ2) is 4.88. The molecule has 1 aromatic carbocycles. The molecule has 0 aliphatic rings. The van der Waals surface area contributed by atoms with Crippen molar-refractivity contribution in [2.45, 2.75) is 13.0 Å². The first kappa shape index (κ1) is 12.1. The van der Waals surface area contributed by atoms with E-state index in [9.17, 15) is 9.65 Å². The molecular weight excluding hydrogens is 231 g/mol. The van der Waals surface area contributed by atoms with Gasteiger partial charge in [-0.1, -0.05) is 12.1 Å². The normalized spacial score (nSPS) is 11.9. The maximum absolute atomic E-state index is 13.5. The van der Waals surface area contributed by atoms with Crippen LogP contribution in [0.1, 0.15) is 17.3 Å². The van der Waals surface area contributed by atoms with Crippen LogP contribution in [0.15, 0.2) is 30.5 Å². The van der Waals surface area contributed by atoms with Crippen LogP contribution in [0.25, 0.3) is 0 Å². The summed E-state index contributed by atoms with van der Waals surface area (Å²) in [4.78, 5) is 0. The molecule has 2 aromatic rings. The number of hydrogen-bond donors (Lipinski definition) is 1. The SMILES string of the molecule is Cc1c(C(C#N)Nc2ccccc2F)cnn1C. The van der Waals surface area contributed by atoms with E-state index in [1.54, 1.807) is 36.1 Å². The highest BCUT2D eigenvalue weighted by Crippen LogP contribution is 2.23. The van der Waals surface area contributed by atoms with Crippen LogP contribution in [-0.2, 0) is 7.05 Å². The number of aryl methyl sites for hydroxylation is 1. The monoisotopic (exact) mass is 244 g/mol. The van der Waals surface area contributed by atoms with Gasteiger partial charge in [-0.25, -0.2) is 4.39 Å². The van der Waals surface area contributed by atoms with E-state index in [0.29, 0.717) is 5.69 Å². The van der Waals surface area contributed by atoms with Gasteiger partial charge in [0, 0.05) is 18.3 Å². The molecule has 0 fully saturated rings.